The van der Waals surface area contributed by atoms with E-state index in [1.165, 1.54) is 12.4 Å². The van der Waals surface area contributed by atoms with Crippen LogP contribution in [-0.4, -0.2) is 49.6 Å². The molecule has 0 bridgehead atoms. The van der Waals surface area contributed by atoms with Crippen LogP contribution in [0, 0.1) is 0 Å². The standard InChI is InChI=1S/C14H17N7O2/c1-2-9(22)20-5-3-4-8(6-20)21-14-10(11(19-21)13(16)23)12(15)17-7-18-14/h2,7-8H,1,3-6H2,(H2,16,23)(H2,15,17,18). The Hall–Kier alpha value is -2.97. The highest BCUT2D eigenvalue weighted by molar-refractivity contribution is 6.06. The second-order valence-corrected chi connectivity index (χ2v) is 5.40. The van der Waals surface area contributed by atoms with Crippen LogP contribution in [0.5, 0.6) is 0 Å². The molecule has 0 aliphatic carbocycles. The van der Waals surface area contributed by atoms with Gasteiger partial charge in [-0.25, -0.2) is 14.6 Å². The SMILES string of the molecule is C=CC(=O)N1CCCC(n2nc(C(N)=O)c3c(N)ncnc32)C1. The summed E-state index contributed by atoms with van der Waals surface area (Å²) in [6, 6.07) is -0.113. The van der Waals surface area contributed by atoms with E-state index in [2.05, 4.69) is 21.6 Å². The minimum atomic E-state index is -0.690. The average molecular weight is 315 g/mol. The summed E-state index contributed by atoms with van der Waals surface area (Å²) in [5.41, 5.74) is 11.7. The molecular weight excluding hydrogens is 298 g/mol. The summed E-state index contributed by atoms with van der Waals surface area (Å²) in [4.78, 5) is 33.3. The van der Waals surface area contributed by atoms with Gasteiger partial charge in [-0.2, -0.15) is 5.10 Å². The Morgan fingerprint density at radius 1 is 1.39 bits per heavy atom. The van der Waals surface area contributed by atoms with Gasteiger partial charge in [0.1, 0.15) is 12.1 Å². The quantitative estimate of drug-likeness (QED) is 0.757. The fraction of sp³-hybridized carbons (Fsp3) is 0.357. The Morgan fingerprint density at radius 2 is 2.17 bits per heavy atom. The van der Waals surface area contributed by atoms with Gasteiger partial charge in [-0.05, 0) is 18.9 Å². The number of carbonyl (C=O) groups is 2. The number of likely N-dealkylation sites (tertiary alicyclic amines) is 1. The van der Waals surface area contributed by atoms with E-state index < -0.39 is 5.91 Å². The molecule has 3 rings (SSSR count). The van der Waals surface area contributed by atoms with Crippen LogP contribution in [0.4, 0.5) is 5.82 Å². The molecule has 23 heavy (non-hydrogen) atoms. The molecule has 2 amide bonds. The van der Waals surface area contributed by atoms with Crippen molar-refractivity contribution in [3.63, 3.8) is 0 Å². The molecule has 0 aromatic carbocycles. The first-order chi connectivity index (χ1) is 11.0. The van der Waals surface area contributed by atoms with Crippen molar-refractivity contribution in [3.05, 3.63) is 24.7 Å². The van der Waals surface area contributed by atoms with E-state index in [-0.39, 0.29) is 23.5 Å². The number of rotatable bonds is 3. The molecule has 1 fully saturated rings. The van der Waals surface area contributed by atoms with E-state index >= 15 is 0 Å². The van der Waals surface area contributed by atoms with Gasteiger partial charge in [0.05, 0.1) is 11.4 Å². The van der Waals surface area contributed by atoms with E-state index in [0.29, 0.717) is 24.1 Å². The highest BCUT2D eigenvalue weighted by Crippen LogP contribution is 2.28. The molecule has 1 aliphatic heterocycles. The number of hydrogen-bond donors (Lipinski definition) is 2. The van der Waals surface area contributed by atoms with E-state index in [9.17, 15) is 9.59 Å². The third-order valence-corrected chi connectivity index (χ3v) is 3.98. The summed E-state index contributed by atoms with van der Waals surface area (Å²) in [5, 5.41) is 4.64. The lowest BCUT2D eigenvalue weighted by molar-refractivity contribution is -0.127. The smallest absolute Gasteiger partial charge is 0.270 e. The van der Waals surface area contributed by atoms with E-state index in [1.54, 1.807) is 9.58 Å². The van der Waals surface area contributed by atoms with E-state index in [1.807, 2.05) is 0 Å². The van der Waals surface area contributed by atoms with Crippen molar-refractivity contribution in [1.82, 2.24) is 24.6 Å². The van der Waals surface area contributed by atoms with Gasteiger partial charge in [-0.15, -0.1) is 0 Å². The summed E-state index contributed by atoms with van der Waals surface area (Å²) in [7, 11) is 0. The first-order valence-corrected chi connectivity index (χ1v) is 7.22. The Labute approximate surface area is 132 Å². The lowest BCUT2D eigenvalue weighted by atomic mass is 10.1. The Morgan fingerprint density at radius 3 is 2.87 bits per heavy atom. The zero-order valence-electron chi connectivity index (χ0n) is 12.5. The van der Waals surface area contributed by atoms with Crippen LogP contribution in [0.1, 0.15) is 29.4 Å². The van der Waals surface area contributed by atoms with Gasteiger partial charge < -0.3 is 16.4 Å². The van der Waals surface area contributed by atoms with Crippen LogP contribution in [0.3, 0.4) is 0 Å². The Kier molecular flexibility index (Phi) is 3.68. The Balaban J connectivity index is 2.06. The molecule has 3 heterocycles. The van der Waals surface area contributed by atoms with Gasteiger partial charge in [-0.3, -0.25) is 9.59 Å². The largest absolute Gasteiger partial charge is 0.383 e. The minimum Gasteiger partial charge on any atom is -0.383 e. The van der Waals surface area contributed by atoms with Gasteiger partial charge in [0, 0.05) is 13.1 Å². The number of amides is 2. The molecule has 1 unspecified atom stereocenters. The summed E-state index contributed by atoms with van der Waals surface area (Å²) in [5.74, 6) is -0.662. The third-order valence-electron chi connectivity index (χ3n) is 3.98. The summed E-state index contributed by atoms with van der Waals surface area (Å²) >= 11 is 0. The predicted octanol–water partition coefficient (Wildman–Crippen LogP) is -0.143. The summed E-state index contributed by atoms with van der Waals surface area (Å²) in [6.45, 7) is 4.64. The maximum absolute atomic E-state index is 11.8. The second-order valence-electron chi connectivity index (χ2n) is 5.40. The van der Waals surface area contributed by atoms with E-state index in [4.69, 9.17) is 11.5 Å². The molecule has 1 aliphatic rings. The fourth-order valence-electron chi connectivity index (χ4n) is 2.91. The molecule has 1 atom stereocenters. The van der Waals surface area contributed by atoms with Crippen LogP contribution < -0.4 is 11.5 Å². The van der Waals surface area contributed by atoms with Crippen LogP contribution in [0.25, 0.3) is 11.0 Å². The zero-order valence-corrected chi connectivity index (χ0v) is 12.5. The molecule has 0 spiro atoms. The number of nitrogens with two attached hydrogens (primary N) is 2. The molecule has 9 nitrogen and oxygen atoms in total. The molecule has 0 radical (unpaired) electrons. The van der Waals surface area contributed by atoms with E-state index in [0.717, 1.165) is 12.8 Å². The summed E-state index contributed by atoms with van der Waals surface area (Å²) in [6.07, 6.45) is 4.23. The highest BCUT2D eigenvalue weighted by Gasteiger charge is 2.28. The van der Waals surface area contributed by atoms with Gasteiger partial charge >= 0.3 is 0 Å². The first-order valence-electron chi connectivity index (χ1n) is 7.22. The number of fused-ring (bicyclic) bond motifs is 1. The van der Waals surface area contributed by atoms with Gasteiger partial charge in [0.25, 0.3) is 5.91 Å². The number of hydrogen-bond acceptors (Lipinski definition) is 6. The number of carbonyl (C=O) groups excluding carboxylic acids is 2. The van der Waals surface area contributed by atoms with Crippen LogP contribution in [0.2, 0.25) is 0 Å². The molecule has 2 aromatic heterocycles. The van der Waals surface area contributed by atoms with Gasteiger partial charge in [0.2, 0.25) is 5.91 Å². The number of piperidine rings is 1. The number of aromatic nitrogens is 4. The minimum absolute atomic E-state index is 0.0465. The van der Waals surface area contributed by atoms with Crippen molar-refractivity contribution in [3.8, 4) is 0 Å². The zero-order chi connectivity index (χ0) is 16.6. The molecule has 9 heteroatoms. The van der Waals surface area contributed by atoms with Gasteiger partial charge in [-0.1, -0.05) is 6.58 Å². The van der Waals surface area contributed by atoms with Crippen molar-refractivity contribution < 1.29 is 9.59 Å². The number of nitrogen functional groups attached to an aromatic ring is 1. The van der Waals surface area contributed by atoms with Gasteiger partial charge in [0.15, 0.2) is 11.3 Å². The Bertz CT molecular complexity index is 798. The second kappa shape index (κ2) is 5.67. The van der Waals surface area contributed by atoms with Crippen molar-refractivity contribution in [2.75, 3.05) is 18.8 Å². The maximum Gasteiger partial charge on any atom is 0.270 e. The molecular formula is C14H17N7O2. The normalized spacial score (nSPS) is 18.1. The maximum atomic E-state index is 11.8. The fourth-order valence-corrected chi connectivity index (χ4v) is 2.91. The molecule has 4 N–H and O–H groups in total. The van der Waals surface area contributed by atoms with Crippen LogP contribution in [0.15, 0.2) is 19.0 Å². The summed E-state index contributed by atoms with van der Waals surface area (Å²) < 4.78 is 1.62. The highest BCUT2D eigenvalue weighted by atomic mass is 16.2. The number of primary amides is 1. The molecule has 120 valence electrons. The lowest BCUT2D eigenvalue weighted by Crippen LogP contribution is -2.40. The molecule has 2 aromatic rings. The monoisotopic (exact) mass is 315 g/mol. The van der Waals surface area contributed by atoms with Crippen LogP contribution >= 0.6 is 0 Å². The predicted molar refractivity (Wildman–Crippen MR) is 83.3 cm³/mol. The molecule has 0 saturated carbocycles. The van der Waals surface area contributed by atoms with Crippen molar-refractivity contribution >= 4 is 28.7 Å². The third kappa shape index (κ3) is 2.50. The average Bonchev–Trinajstić information content (AvgIpc) is 2.95. The first kappa shape index (κ1) is 14.9. The van der Waals surface area contributed by atoms with Crippen molar-refractivity contribution in [2.45, 2.75) is 18.9 Å². The topological polar surface area (TPSA) is 133 Å². The lowest BCUT2D eigenvalue weighted by Gasteiger charge is -2.32. The van der Waals surface area contributed by atoms with Crippen molar-refractivity contribution in [1.29, 1.82) is 0 Å². The van der Waals surface area contributed by atoms with Crippen LogP contribution in [-0.2, 0) is 4.79 Å². The molecule has 1 saturated heterocycles. The van der Waals surface area contributed by atoms with Crippen molar-refractivity contribution in [2.24, 2.45) is 5.73 Å². The number of nitrogens with zero attached hydrogens (tertiary/aromatic N) is 5. The number of anilines is 1.